The second-order valence-corrected chi connectivity index (χ2v) is 7.98. The third-order valence-corrected chi connectivity index (χ3v) is 5.90. The molecule has 0 atom stereocenters. The summed E-state index contributed by atoms with van der Waals surface area (Å²) in [7, 11) is 1.59. The smallest absolute Gasteiger partial charge is 0.257 e. The first-order valence-electron chi connectivity index (χ1n) is 9.68. The van der Waals surface area contributed by atoms with Crippen molar-refractivity contribution >= 4 is 34.1 Å². The van der Waals surface area contributed by atoms with E-state index in [2.05, 4.69) is 23.1 Å². The largest absolute Gasteiger partial charge is 0.494 e. The van der Waals surface area contributed by atoms with E-state index < -0.39 is 0 Å². The zero-order valence-electron chi connectivity index (χ0n) is 16.1. The summed E-state index contributed by atoms with van der Waals surface area (Å²) in [6, 6.07) is 11.2. The zero-order chi connectivity index (χ0) is 19.7. The number of nitrogens with zero attached hydrogens (tertiary/aromatic N) is 2. The molecule has 0 unspecified atom stereocenters. The number of hydrogen-bond acceptors (Lipinski definition) is 3. The van der Waals surface area contributed by atoms with Crippen LogP contribution >= 0.6 is 11.6 Å². The Balaban J connectivity index is 1.63. The summed E-state index contributed by atoms with van der Waals surface area (Å²) in [5, 5.41) is 9.08. The van der Waals surface area contributed by atoms with Crippen molar-refractivity contribution in [3.05, 3.63) is 53.2 Å². The van der Waals surface area contributed by atoms with Crippen LogP contribution in [0.5, 0.6) is 5.75 Å². The van der Waals surface area contributed by atoms with Crippen molar-refractivity contribution in [3.63, 3.8) is 0 Å². The molecule has 1 aromatic heterocycles. The minimum atomic E-state index is -0.267. The third kappa shape index (κ3) is 3.72. The molecule has 1 aliphatic carbocycles. The third-order valence-electron chi connectivity index (χ3n) is 5.57. The lowest BCUT2D eigenvalue weighted by molar-refractivity contribution is 0.102. The molecule has 1 aliphatic rings. The van der Waals surface area contributed by atoms with Crippen LogP contribution in [0.3, 0.4) is 0 Å². The molecule has 5 nitrogen and oxygen atoms in total. The highest BCUT2D eigenvalue weighted by Crippen LogP contribution is 2.35. The van der Waals surface area contributed by atoms with Gasteiger partial charge in [0.25, 0.3) is 5.91 Å². The average molecular weight is 398 g/mol. The molecule has 146 valence electrons. The van der Waals surface area contributed by atoms with Crippen LogP contribution in [0.15, 0.2) is 42.6 Å². The summed E-state index contributed by atoms with van der Waals surface area (Å²) >= 11 is 6.15. The number of amides is 1. The van der Waals surface area contributed by atoms with E-state index >= 15 is 0 Å². The van der Waals surface area contributed by atoms with E-state index in [1.165, 1.54) is 12.8 Å². The Bertz CT molecular complexity index is 1010. The van der Waals surface area contributed by atoms with Crippen molar-refractivity contribution in [2.75, 3.05) is 12.4 Å². The molecule has 28 heavy (non-hydrogen) atoms. The predicted molar refractivity (Wildman–Crippen MR) is 112 cm³/mol. The Labute approximate surface area is 169 Å². The molecule has 0 saturated heterocycles. The van der Waals surface area contributed by atoms with Crippen LogP contribution in [-0.4, -0.2) is 22.8 Å². The van der Waals surface area contributed by atoms with Gasteiger partial charge in [-0.15, -0.1) is 0 Å². The standard InChI is InChI=1S/C22H24ClN3O2/c1-14-7-9-16(10-8-14)26-13-15-11-20(21(28-2)12-19(15)25-26)24-22(27)17-5-3-4-6-18(17)23/h3-6,11-14,16H,7-10H2,1-2H3,(H,24,27). The summed E-state index contributed by atoms with van der Waals surface area (Å²) in [5.74, 6) is 1.11. The number of fused-ring (bicyclic) bond motifs is 1. The van der Waals surface area contributed by atoms with E-state index in [4.69, 9.17) is 21.4 Å². The van der Waals surface area contributed by atoms with Gasteiger partial charge in [0.2, 0.25) is 0 Å². The highest BCUT2D eigenvalue weighted by Gasteiger charge is 2.21. The van der Waals surface area contributed by atoms with E-state index in [0.717, 1.165) is 29.7 Å². The van der Waals surface area contributed by atoms with Gasteiger partial charge in [-0.05, 0) is 49.8 Å². The van der Waals surface area contributed by atoms with E-state index in [1.807, 2.05) is 12.1 Å². The van der Waals surface area contributed by atoms with Crippen molar-refractivity contribution in [3.8, 4) is 5.75 Å². The highest BCUT2D eigenvalue weighted by molar-refractivity contribution is 6.34. The first kappa shape index (κ1) is 18.8. The second-order valence-electron chi connectivity index (χ2n) is 7.57. The van der Waals surface area contributed by atoms with Gasteiger partial charge in [0, 0.05) is 17.6 Å². The maximum absolute atomic E-state index is 12.7. The van der Waals surface area contributed by atoms with Gasteiger partial charge in [0.1, 0.15) is 5.75 Å². The Kier molecular flexibility index (Phi) is 5.27. The molecule has 1 amide bonds. The Morgan fingerprint density at radius 2 is 1.96 bits per heavy atom. The maximum Gasteiger partial charge on any atom is 0.257 e. The number of aromatic nitrogens is 2. The van der Waals surface area contributed by atoms with E-state index in [0.29, 0.717) is 28.1 Å². The molecule has 0 bridgehead atoms. The molecular weight excluding hydrogens is 374 g/mol. The van der Waals surface area contributed by atoms with Crippen molar-refractivity contribution in [2.24, 2.45) is 5.92 Å². The highest BCUT2D eigenvalue weighted by atomic mass is 35.5. The summed E-state index contributed by atoms with van der Waals surface area (Å²) in [4.78, 5) is 12.7. The first-order chi connectivity index (χ1) is 13.5. The van der Waals surface area contributed by atoms with Gasteiger partial charge in [-0.2, -0.15) is 5.10 Å². The first-order valence-corrected chi connectivity index (χ1v) is 10.1. The van der Waals surface area contributed by atoms with Gasteiger partial charge in [-0.3, -0.25) is 9.48 Å². The number of rotatable bonds is 4. The quantitative estimate of drug-likeness (QED) is 0.614. The lowest BCUT2D eigenvalue weighted by Gasteiger charge is -2.26. The molecule has 3 aromatic rings. The topological polar surface area (TPSA) is 56.1 Å². The molecule has 1 saturated carbocycles. The summed E-state index contributed by atoms with van der Waals surface area (Å²) in [6.45, 7) is 2.31. The number of carbonyl (C=O) groups is 1. The van der Waals surface area contributed by atoms with Crippen LogP contribution in [0.4, 0.5) is 5.69 Å². The van der Waals surface area contributed by atoms with Crippen molar-refractivity contribution in [1.29, 1.82) is 0 Å². The zero-order valence-corrected chi connectivity index (χ0v) is 16.9. The summed E-state index contributed by atoms with van der Waals surface area (Å²) in [5.41, 5.74) is 1.90. The van der Waals surface area contributed by atoms with E-state index in [1.54, 1.807) is 31.4 Å². The van der Waals surface area contributed by atoms with Gasteiger partial charge in [0.05, 0.1) is 34.9 Å². The molecular formula is C22H24ClN3O2. The Hall–Kier alpha value is -2.53. The fraction of sp³-hybridized carbons (Fsp3) is 0.364. The van der Waals surface area contributed by atoms with Crippen molar-refractivity contribution < 1.29 is 9.53 Å². The number of ether oxygens (including phenoxy) is 1. The number of anilines is 1. The maximum atomic E-state index is 12.7. The molecule has 0 spiro atoms. The Morgan fingerprint density at radius 3 is 2.68 bits per heavy atom. The van der Waals surface area contributed by atoms with Gasteiger partial charge >= 0.3 is 0 Å². The monoisotopic (exact) mass is 397 g/mol. The van der Waals surface area contributed by atoms with Gasteiger partial charge < -0.3 is 10.1 Å². The minimum Gasteiger partial charge on any atom is -0.494 e. The van der Waals surface area contributed by atoms with Gasteiger partial charge in [-0.1, -0.05) is 30.7 Å². The van der Waals surface area contributed by atoms with Gasteiger partial charge in [-0.25, -0.2) is 0 Å². The lowest BCUT2D eigenvalue weighted by Crippen LogP contribution is -2.16. The molecule has 0 aliphatic heterocycles. The van der Waals surface area contributed by atoms with Crippen LogP contribution in [0.2, 0.25) is 5.02 Å². The van der Waals surface area contributed by atoms with Crippen LogP contribution in [0, 0.1) is 5.92 Å². The van der Waals surface area contributed by atoms with Crippen LogP contribution < -0.4 is 10.1 Å². The number of hydrogen-bond donors (Lipinski definition) is 1. The molecule has 4 rings (SSSR count). The number of carbonyl (C=O) groups excluding carboxylic acids is 1. The van der Waals surface area contributed by atoms with Crippen LogP contribution in [0.25, 0.3) is 10.9 Å². The summed E-state index contributed by atoms with van der Waals surface area (Å²) < 4.78 is 7.57. The molecule has 0 radical (unpaired) electrons. The molecule has 2 aromatic carbocycles. The Morgan fingerprint density at radius 1 is 1.21 bits per heavy atom. The fourth-order valence-electron chi connectivity index (χ4n) is 3.87. The minimum absolute atomic E-state index is 0.267. The number of nitrogens with one attached hydrogen (secondary N) is 1. The van der Waals surface area contributed by atoms with E-state index in [9.17, 15) is 4.79 Å². The SMILES string of the molecule is COc1cc2nn(C3CCC(C)CC3)cc2cc1NC(=O)c1ccccc1Cl. The van der Waals surface area contributed by atoms with Crippen molar-refractivity contribution in [1.82, 2.24) is 9.78 Å². The number of benzene rings is 2. The number of halogens is 1. The van der Waals surface area contributed by atoms with E-state index in [-0.39, 0.29) is 5.91 Å². The fourth-order valence-corrected chi connectivity index (χ4v) is 4.09. The molecule has 1 heterocycles. The average Bonchev–Trinajstić information content (AvgIpc) is 3.11. The second kappa shape index (κ2) is 7.84. The van der Waals surface area contributed by atoms with Crippen molar-refractivity contribution in [2.45, 2.75) is 38.6 Å². The summed E-state index contributed by atoms with van der Waals surface area (Å²) in [6.07, 6.45) is 6.86. The number of methoxy groups -OCH3 is 1. The normalized spacial score (nSPS) is 19.5. The lowest BCUT2D eigenvalue weighted by atomic mass is 9.87. The van der Waals surface area contributed by atoms with Crippen LogP contribution in [0.1, 0.15) is 49.0 Å². The van der Waals surface area contributed by atoms with Crippen LogP contribution in [-0.2, 0) is 0 Å². The predicted octanol–water partition coefficient (Wildman–Crippen LogP) is 5.70. The molecule has 1 fully saturated rings. The van der Waals surface area contributed by atoms with Gasteiger partial charge in [0.15, 0.2) is 0 Å². The molecule has 1 N–H and O–H groups in total. The molecule has 6 heteroatoms.